The van der Waals surface area contributed by atoms with E-state index < -0.39 is 0 Å². The van der Waals surface area contributed by atoms with Crippen molar-refractivity contribution < 1.29 is 9.32 Å². The lowest BCUT2D eigenvalue weighted by Crippen LogP contribution is -2.36. The summed E-state index contributed by atoms with van der Waals surface area (Å²) in [5.41, 5.74) is 1.37. The van der Waals surface area contributed by atoms with Crippen molar-refractivity contribution in [1.29, 1.82) is 0 Å². The number of aryl methyl sites for hydroxylation is 1. The average molecular weight is 353 g/mol. The van der Waals surface area contributed by atoms with Gasteiger partial charge in [-0.1, -0.05) is 55.8 Å². The summed E-state index contributed by atoms with van der Waals surface area (Å²) < 4.78 is 5.28. The van der Waals surface area contributed by atoms with Crippen LogP contribution in [0.15, 0.2) is 34.9 Å². The fourth-order valence-corrected chi connectivity index (χ4v) is 4.61. The normalized spacial score (nSPS) is 25.0. The van der Waals surface area contributed by atoms with Crippen LogP contribution in [-0.2, 0) is 11.2 Å². The molecule has 2 aromatic rings. The van der Waals surface area contributed by atoms with E-state index in [1.807, 2.05) is 13.8 Å². The first-order valence-corrected chi connectivity index (χ1v) is 9.80. The molecule has 1 saturated heterocycles. The summed E-state index contributed by atoms with van der Waals surface area (Å²) in [6.45, 7) is 4.92. The lowest BCUT2D eigenvalue weighted by Gasteiger charge is -2.23. The standard InChI is InChI=1S/C21H27N3O2/c1-14(2)21-22-19(26-23-21)11-12-20(25)24-13-17(15-7-4-3-5-8-15)16-9-6-10-18(16)24/h3-5,7-8,14,16-18H,6,9-13H2,1-2H3. The topological polar surface area (TPSA) is 59.2 Å². The van der Waals surface area contributed by atoms with Crippen molar-refractivity contribution in [3.63, 3.8) is 0 Å². The Morgan fingerprint density at radius 2 is 2.08 bits per heavy atom. The smallest absolute Gasteiger partial charge is 0.227 e. The zero-order valence-electron chi connectivity index (χ0n) is 15.6. The molecule has 1 saturated carbocycles. The maximum absolute atomic E-state index is 12.9. The second-order valence-corrected chi connectivity index (χ2v) is 7.93. The minimum absolute atomic E-state index is 0.227. The number of hydrogen-bond donors (Lipinski definition) is 0. The first-order valence-electron chi connectivity index (χ1n) is 9.80. The van der Waals surface area contributed by atoms with Crippen molar-refractivity contribution in [2.75, 3.05) is 6.54 Å². The van der Waals surface area contributed by atoms with Gasteiger partial charge in [-0.2, -0.15) is 4.98 Å². The molecule has 3 atom stereocenters. The van der Waals surface area contributed by atoms with Gasteiger partial charge >= 0.3 is 0 Å². The Labute approximate surface area is 154 Å². The van der Waals surface area contributed by atoms with Gasteiger partial charge in [0.05, 0.1) is 0 Å². The molecule has 1 aromatic carbocycles. The molecule has 2 aliphatic rings. The highest BCUT2D eigenvalue weighted by atomic mass is 16.5. The Hall–Kier alpha value is -2.17. The van der Waals surface area contributed by atoms with Gasteiger partial charge in [-0.25, -0.2) is 0 Å². The molecule has 2 fully saturated rings. The largest absolute Gasteiger partial charge is 0.339 e. The van der Waals surface area contributed by atoms with Crippen molar-refractivity contribution in [3.8, 4) is 0 Å². The van der Waals surface area contributed by atoms with Gasteiger partial charge in [0.2, 0.25) is 11.8 Å². The van der Waals surface area contributed by atoms with Crippen molar-refractivity contribution >= 4 is 5.91 Å². The third kappa shape index (κ3) is 3.27. The Morgan fingerprint density at radius 1 is 1.27 bits per heavy atom. The molecule has 0 spiro atoms. The quantitative estimate of drug-likeness (QED) is 0.817. The molecule has 1 aliphatic carbocycles. The lowest BCUT2D eigenvalue weighted by atomic mass is 9.87. The van der Waals surface area contributed by atoms with E-state index in [2.05, 4.69) is 45.4 Å². The summed E-state index contributed by atoms with van der Waals surface area (Å²) in [5, 5.41) is 3.99. The average Bonchev–Trinajstić information content (AvgIpc) is 3.36. The van der Waals surface area contributed by atoms with Crippen LogP contribution >= 0.6 is 0 Å². The van der Waals surface area contributed by atoms with Gasteiger partial charge in [-0.05, 0) is 24.3 Å². The van der Waals surface area contributed by atoms with Crippen LogP contribution in [0.5, 0.6) is 0 Å². The molecule has 0 bridgehead atoms. The number of rotatable bonds is 5. The Morgan fingerprint density at radius 3 is 2.81 bits per heavy atom. The summed E-state index contributed by atoms with van der Waals surface area (Å²) >= 11 is 0. The molecule has 1 aromatic heterocycles. The molecule has 0 radical (unpaired) electrons. The summed E-state index contributed by atoms with van der Waals surface area (Å²) in [6, 6.07) is 11.1. The van der Waals surface area contributed by atoms with E-state index in [4.69, 9.17) is 4.52 Å². The highest BCUT2D eigenvalue weighted by Gasteiger charge is 2.46. The van der Waals surface area contributed by atoms with E-state index in [1.165, 1.54) is 18.4 Å². The number of likely N-dealkylation sites (tertiary alicyclic amines) is 1. The zero-order chi connectivity index (χ0) is 18.1. The van der Waals surface area contributed by atoms with E-state index in [-0.39, 0.29) is 11.8 Å². The molecule has 1 aliphatic heterocycles. The molecule has 1 amide bonds. The molecular weight excluding hydrogens is 326 g/mol. The van der Waals surface area contributed by atoms with Gasteiger partial charge in [0.15, 0.2) is 5.82 Å². The van der Waals surface area contributed by atoms with Crippen molar-refractivity contribution in [3.05, 3.63) is 47.6 Å². The van der Waals surface area contributed by atoms with Crippen LogP contribution in [0.3, 0.4) is 0 Å². The van der Waals surface area contributed by atoms with E-state index in [9.17, 15) is 4.79 Å². The molecule has 26 heavy (non-hydrogen) atoms. The fraction of sp³-hybridized carbons (Fsp3) is 0.571. The number of benzene rings is 1. The van der Waals surface area contributed by atoms with Crippen LogP contribution < -0.4 is 0 Å². The van der Waals surface area contributed by atoms with Crippen LogP contribution in [0.1, 0.15) is 68.6 Å². The maximum atomic E-state index is 12.9. The highest BCUT2D eigenvalue weighted by Crippen LogP contribution is 2.46. The van der Waals surface area contributed by atoms with Crippen molar-refractivity contribution in [1.82, 2.24) is 15.0 Å². The molecule has 138 valence electrons. The van der Waals surface area contributed by atoms with E-state index >= 15 is 0 Å². The Bertz CT molecular complexity index is 756. The van der Waals surface area contributed by atoms with Crippen LogP contribution in [0.2, 0.25) is 0 Å². The number of aromatic nitrogens is 2. The number of carbonyl (C=O) groups excluding carboxylic acids is 1. The summed E-state index contributed by atoms with van der Waals surface area (Å²) in [7, 11) is 0. The molecule has 5 nitrogen and oxygen atoms in total. The van der Waals surface area contributed by atoms with Crippen LogP contribution in [0, 0.1) is 5.92 Å². The highest BCUT2D eigenvalue weighted by molar-refractivity contribution is 5.77. The molecule has 5 heteroatoms. The number of carbonyl (C=O) groups is 1. The first-order chi connectivity index (χ1) is 12.6. The minimum atomic E-state index is 0.227. The van der Waals surface area contributed by atoms with E-state index in [0.717, 1.165) is 13.0 Å². The van der Waals surface area contributed by atoms with Gasteiger partial charge in [0, 0.05) is 37.3 Å². The van der Waals surface area contributed by atoms with Crippen LogP contribution in [0.4, 0.5) is 0 Å². The van der Waals surface area contributed by atoms with Crippen LogP contribution in [-0.4, -0.2) is 33.5 Å². The lowest BCUT2D eigenvalue weighted by molar-refractivity contribution is -0.132. The predicted molar refractivity (Wildman–Crippen MR) is 98.7 cm³/mol. The second kappa shape index (κ2) is 7.22. The van der Waals surface area contributed by atoms with Crippen molar-refractivity contribution in [2.45, 2.75) is 63.8 Å². The molecule has 4 rings (SSSR count). The third-order valence-electron chi connectivity index (χ3n) is 5.94. The number of fused-ring (bicyclic) bond motifs is 1. The maximum Gasteiger partial charge on any atom is 0.227 e. The Balaban J connectivity index is 1.42. The fourth-order valence-electron chi connectivity index (χ4n) is 4.61. The van der Waals surface area contributed by atoms with E-state index in [0.29, 0.717) is 42.4 Å². The number of nitrogens with zero attached hydrogens (tertiary/aromatic N) is 3. The van der Waals surface area contributed by atoms with Crippen molar-refractivity contribution in [2.24, 2.45) is 5.92 Å². The number of amides is 1. The SMILES string of the molecule is CC(C)c1noc(CCC(=O)N2CC(c3ccccc3)C3CCCC32)n1. The van der Waals surface area contributed by atoms with Crippen LogP contribution in [0.25, 0.3) is 0 Å². The molecule has 0 N–H and O–H groups in total. The summed E-state index contributed by atoms with van der Waals surface area (Å²) in [5.74, 6) is 2.84. The van der Waals surface area contributed by atoms with Gasteiger partial charge < -0.3 is 9.42 Å². The summed E-state index contributed by atoms with van der Waals surface area (Å²) in [4.78, 5) is 19.4. The molecule has 3 unspecified atom stereocenters. The zero-order valence-corrected chi connectivity index (χ0v) is 15.6. The molecular formula is C21H27N3O2. The third-order valence-corrected chi connectivity index (χ3v) is 5.94. The van der Waals surface area contributed by atoms with Gasteiger partial charge in [-0.3, -0.25) is 4.79 Å². The van der Waals surface area contributed by atoms with Gasteiger partial charge in [-0.15, -0.1) is 0 Å². The Kier molecular flexibility index (Phi) is 4.79. The first kappa shape index (κ1) is 17.3. The minimum Gasteiger partial charge on any atom is -0.339 e. The monoisotopic (exact) mass is 353 g/mol. The van der Waals surface area contributed by atoms with Gasteiger partial charge in [0.25, 0.3) is 0 Å². The van der Waals surface area contributed by atoms with E-state index in [1.54, 1.807) is 0 Å². The predicted octanol–water partition coefficient (Wildman–Crippen LogP) is 3.92. The van der Waals surface area contributed by atoms with Gasteiger partial charge in [0.1, 0.15) is 0 Å². The second-order valence-electron chi connectivity index (χ2n) is 7.93. The molecule has 2 heterocycles. The number of hydrogen-bond acceptors (Lipinski definition) is 4. The summed E-state index contributed by atoms with van der Waals surface area (Å²) in [6.07, 6.45) is 4.57.